The van der Waals surface area contributed by atoms with E-state index in [2.05, 4.69) is 20.8 Å². The lowest BCUT2D eigenvalue weighted by molar-refractivity contribution is 0.302. The number of nitrogens with zero attached hydrogens (tertiary/aromatic N) is 2. The highest BCUT2D eigenvalue weighted by Gasteiger charge is 2.33. The zero-order chi connectivity index (χ0) is 14.2. The summed E-state index contributed by atoms with van der Waals surface area (Å²) in [5.41, 5.74) is 0. The van der Waals surface area contributed by atoms with Crippen molar-refractivity contribution in [3.8, 4) is 0 Å². The second-order valence-electron chi connectivity index (χ2n) is 4.85. The van der Waals surface area contributed by atoms with Crippen LogP contribution in [-0.4, -0.2) is 50.8 Å². The maximum atomic E-state index is 12.5. The molecule has 0 radical (unpaired) electrons. The lowest BCUT2D eigenvalue weighted by Crippen LogP contribution is -2.34. The maximum absolute atomic E-state index is 12.5. The van der Waals surface area contributed by atoms with Crippen molar-refractivity contribution in [3.63, 3.8) is 0 Å². The summed E-state index contributed by atoms with van der Waals surface area (Å²) < 4.78 is 27.2. The first-order valence-electron chi connectivity index (χ1n) is 5.94. The monoisotopic (exact) mass is 366 g/mol. The van der Waals surface area contributed by atoms with Gasteiger partial charge in [-0.25, -0.2) is 8.42 Å². The molecule has 1 atom stereocenters. The van der Waals surface area contributed by atoms with Crippen LogP contribution < -0.4 is 0 Å². The molecule has 4 nitrogen and oxygen atoms in total. The van der Waals surface area contributed by atoms with Crippen molar-refractivity contribution in [2.75, 3.05) is 27.2 Å². The highest BCUT2D eigenvalue weighted by atomic mass is 79.9. The molecule has 0 amide bonds. The second-order valence-corrected chi connectivity index (χ2v) is 8.04. The Kier molecular flexibility index (Phi) is 4.57. The van der Waals surface area contributed by atoms with Gasteiger partial charge in [-0.05, 0) is 54.6 Å². The Balaban J connectivity index is 2.26. The first kappa shape index (κ1) is 15.3. The first-order chi connectivity index (χ1) is 8.82. The minimum atomic E-state index is -3.43. The molecule has 0 bridgehead atoms. The van der Waals surface area contributed by atoms with Crippen LogP contribution in [0.3, 0.4) is 0 Å². The molecule has 1 aliphatic rings. The third kappa shape index (κ3) is 3.13. The molecule has 0 spiro atoms. The summed E-state index contributed by atoms with van der Waals surface area (Å²) in [6.07, 6.45) is 0.862. The number of likely N-dealkylation sites (N-methyl/N-ethyl adjacent to an activating group) is 1. The first-order valence-corrected chi connectivity index (χ1v) is 8.55. The van der Waals surface area contributed by atoms with Gasteiger partial charge in [-0.3, -0.25) is 0 Å². The third-order valence-electron chi connectivity index (χ3n) is 3.39. The molecule has 1 aliphatic heterocycles. The largest absolute Gasteiger partial charge is 0.305 e. The molecule has 0 N–H and O–H groups in total. The molecule has 1 fully saturated rings. The summed E-state index contributed by atoms with van der Waals surface area (Å²) in [6, 6.07) is 4.98. The summed E-state index contributed by atoms with van der Waals surface area (Å²) in [5.74, 6) is 0. The Morgan fingerprint density at radius 3 is 2.63 bits per heavy atom. The van der Waals surface area contributed by atoms with Crippen LogP contribution in [0.4, 0.5) is 0 Å². The highest BCUT2D eigenvalue weighted by molar-refractivity contribution is 9.10. The normalized spacial score (nSPS) is 21.2. The molecule has 19 heavy (non-hydrogen) atoms. The van der Waals surface area contributed by atoms with Crippen molar-refractivity contribution >= 4 is 37.6 Å². The molecule has 1 aromatic carbocycles. The summed E-state index contributed by atoms with van der Waals surface area (Å²) in [6.45, 7) is 1.10. The van der Waals surface area contributed by atoms with Gasteiger partial charge in [0.15, 0.2) is 0 Å². The van der Waals surface area contributed by atoms with Gasteiger partial charge in [0.2, 0.25) is 10.0 Å². The van der Waals surface area contributed by atoms with E-state index in [9.17, 15) is 8.42 Å². The predicted octanol–water partition coefficient (Wildman–Crippen LogP) is 2.43. The number of rotatable bonds is 3. The lowest BCUT2D eigenvalue weighted by atomic mass is 10.2. The fraction of sp³-hybridized carbons (Fsp3) is 0.500. The van der Waals surface area contributed by atoms with E-state index in [-0.39, 0.29) is 10.9 Å². The Morgan fingerprint density at radius 2 is 2.11 bits per heavy atom. The van der Waals surface area contributed by atoms with Crippen LogP contribution in [-0.2, 0) is 10.0 Å². The molecule has 7 heteroatoms. The average Bonchev–Trinajstić information content (AvgIpc) is 2.82. The van der Waals surface area contributed by atoms with Crippen molar-refractivity contribution in [2.45, 2.75) is 17.4 Å². The van der Waals surface area contributed by atoms with E-state index in [0.29, 0.717) is 22.6 Å². The van der Waals surface area contributed by atoms with Crippen molar-refractivity contribution in [3.05, 3.63) is 27.7 Å². The molecule has 106 valence electrons. The molecule has 0 aliphatic carbocycles. The zero-order valence-electron chi connectivity index (χ0n) is 10.8. The van der Waals surface area contributed by atoms with Gasteiger partial charge in [0.1, 0.15) is 0 Å². The van der Waals surface area contributed by atoms with E-state index in [1.807, 2.05) is 14.1 Å². The summed E-state index contributed by atoms with van der Waals surface area (Å²) in [5, 5.41) is 0.506. The minimum Gasteiger partial charge on any atom is -0.305 e. The van der Waals surface area contributed by atoms with Gasteiger partial charge in [-0.15, -0.1) is 0 Å². The van der Waals surface area contributed by atoms with Gasteiger partial charge in [0.05, 0.1) is 9.92 Å². The smallest absolute Gasteiger partial charge is 0.243 e. The van der Waals surface area contributed by atoms with Gasteiger partial charge in [0.25, 0.3) is 0 Å². The van der Waals surface area contributed by atoms with Gasteiger partial charge < -0.3 is 4.90 Å². The van der Waals surface area contributed by atoms with Crippen LogP contribution >= 0.6 is 27.5 Å². The molecule has 1 heterocycles. The van der Waals surface area contributed by atoms with Crippen molar-refractivity contribution < 1.29 is 8.42 Å². The van der Waals surface area contributed by atoms with Crippen LogP contribution in [0.1, 0.15) is 6.42 Å². The molecule has 1 unspecified atom stereocenters. The van der Waals surface area contributed by atoms with Gasteiger partial charge in [-0.1, -0.05) is 11.6 Å². The molecule has 1 aromatic rings. The fourth-order valence-corrected chi connectivity index (χ4v) is 4.30. The van der Waals surface area contributed by atoms with E-state index in [4.69, 9.17) is 11.6 Å². The van der Waals surface area contributed by atoms with Crippen molar-refractivity contribution in [1.29, 1.82) is 0 Å². The highest BCUT2D eigenvalue weighted by Crippen LogP contribution is 2.28. The molecular weight excluding hydrogens is 352 g/mol. The summed E-state index contributed by atoms with van der Waals surface area (Å²) >= 11 is 9.15. The SMILES string of the molecule is CN(C)C1CCN(S(=O)(=O)c2ccc(Cl)c(Br)c2)C1. The minimum absolute atomic E-state index is 0.281. The van der Waals surface area contributed by atoms with Crippen LogP contribution in [0.2, 0.25) is 5.02 Å². The molecule has 0 saturated carbocycles. The van der Waals surface area contributed by atoms with Gasteiger partial charge >= 0.3 is 0 Å². The van der Waals surface area contributed by atoms with Gasteiger partial charge in [-0.2, -0.15) is 4.31 Å². The molecular formula is C12H16BrClN2O2S. The number of benzene rings is 1. The Morgan fingerprint density at radius 1 is 1.42 bits per heavy atom. The lowest BCUT2D eigenvalue weighted by Gasteiger charge is -2.20. The van der Waals surface area contributed by atoms with E-state index >= 15 is 0 Å². The quantitative estimate of drug-likeness (QED) is 0.824. The van der Waals surface area contributed by atoms with E-state index in [1.54, 1.807) is 18.2 Å². The van der Waals surface area contributed by atoms with E-state index in [0.717, 1.165) is 6.42 Å². The van der Waals surface area contributed by atoms with Crippen LogP contribution in [0, 0.1) is 0 Å². The Bertz CT molecular complexity index is 577. The van der Waals surface area contributed by atoms with Crippen LogP contribution in [0.5, 0.6) is 0 Å². The van der Waals surface area contributed by atoms with Gasteiger partial charge in [0, 0.05) is 23.6 Å². The molecule has 1 saturated heterocycles. The number of hydrogen-bond donors (Lipinski definition) is 0. The Labute approximate surface area is 127 Å². The van der Waals surface area contributed by atoms with E-state index in [1.165, 1.54) is 4.31 Å². The van der Waals surface area contributed by atoms with Crippen molar-refractivity contribution in [1.82, 2.24) is 9.21 Å². The average molecular weight is 368 g/mol. The number of hydrogen-bond acceptors (Lipinski definition) is 3. The van der Waals surface area contributed by atoms with Crippen molar-refractivity contribution in [2.24, 2.45) is 0 Å². The third-order valence-corrected chi connectivity index (χ3v) is 6.46. The molecule has 2 rings (SSSR count). The Hall–Kier alpha value is -0.140. The predicted molar refractivity (Wildman–Crippen MR) is 80.0 cm³/mol. The zero-order valence-corrected chi connectivity index (χ0v) is 14.0. The topological polar surface area (TPSA) is 40.6 Å². The molecule has 0 aromatic heterocycles. The standard InChI is InChI=1S/C12H16BrClN2O2S/c1-15(2)9-5-6-16(8-9)19(17,18)10-3-4-12(14)11(13)7-10/h3-4,7,9H,5-6,8H2,1-2H3. The maximum Gasteiger partial charge on any atom is 0.243 e. The van der Waals surface area contributed by atoms with Crippen LogP contribution in [0.25, 0.3) is 0 Å². The second kappa shape index (κ2) is 5.69. The number of sulfonamides is 1. The summed E-state index contributed by atoms with van der Waals surface area (Å²) in [4.78, 5) is 2.34. The van der Waals surface area contributed by atoms with Crippen LogP contribution in [0.15, 0.2) is 27.6 Å². The fourth-order valence-electron chi connectivity index (χ4n) is 2.14. The summed E-state index contributed by atoms with van der Waals surface area (Å²) in [7, 11) is 0.517. The number of halogens is 2. The van der Waals surface area contributed by atoms with E-state index < -0.39 is 10.0 Å².